The van der Waals surface area contributed by atoms with Crippen molar-refractivity contribution in [2.24, 2.45) is 0 Å². The van der Waals surface area contributed by atoms with Gasteiger partial charge in [0.2, 0.25) is 10.0 Å². The van der Waals surface area contributed by atoms with Crippen LogP contribution in [0.15, 0.2) is 0 Å². The lowest BCUT2D eigenvalue weighted by Gasteiger charge is -2.42. The van der Waals surface area contributed by atoms with Crippen LogP contribution in [-0.4, -0.2) is 79.6 Å². The zero-order valence-electron chi connectivity index (χ0n) is 14.4. The number of sulfonamides is 1. The van der Waals surface area contributed by atoms with E-state index in [1.54, 1.807) is 6.92 Å². The van der Waals surface area contributed by atoms with E-state index in [0.29, 0.717) is 25.6 Å². The van der Waals surface area contributed by atoms with Crippen LogP contribution in [0.5, 0.6) is 0 Å². The zero-order chi connectivity index (χ0) is 16.9. The lowest BCUT2D eigenvalue weighted by molar-refractivity contribution is 0.0810. The number of rotatable bonds is 6. The van der Waals surface area contributed by atoms with Crippen LogP contribution >= 0.6 is 0 Å². The molecule has 0 spiro atoms. The van der Waals surface area contributed by atoms with Gasteiger partial charge in [0.05, 0.1) is 6.07 Å². The van der Waals surface area contributed by atoms with Gasteiger partial charge in [-0.25, -0.2) is 8.42 Å². The Morgan fingerprint density at radius 3 is 2.17 bits per heavy atom. The Kier molecular flexibility index (Phi) is 6.84. The fourth-order valence-electron chi connectivity index (χ4n) is 3.70. The van der Waals surface area contributed by atoms with E-state index >= 15 is 0 Å². The smallest absolute Gasteiger partial charge is 0.230 e. The van der Waals surface area contributed by atoms with Crippen LogP contribution in [0.4, 0.5) is 0 Å². The summed E-state index contributed by atoms with van der Waals surface area (Å²) in [5, 5.41) is 8.15. The minimum atomic E-state index is -3.46. The van der Waals surface area contributed by atoms with Crippen LogP contribution in [0.2, 0.25) is 0 Å². The fraction of sp³-hybridized carbons (Fsp3) is 0.938. The maximum Gasteiger partial charge on any atom is 0.230 e. The van der Waals surface area contributed by atoms with E-state index in [1.807, 2.05) is 6.07 Å². The van der Waals surface area contributed by atoms with E-state index in [4.69, 9.17) is 5.26 Å². The fourth-order valence-corrected chi connectivity index (χ4v) is 5.28. The summed E-state index contributed by atoms with van der Waals surface area (Å²) in [4.78, 5) is 4.97. The van der Waals surface area contributed by atoms with Crippen LogP contribution in [0.25, 0.3) is 0 Å². The van der Waals surface area contributed by atoms with Gasteiger partial charge in [0, 0.05) is 32.2 Å². The molecule has 0 aromatic rings. The summed E-state index contributed by atoms with van der Waals surface area (Å²) in [5.74, 6) is 0. The largest absolute Gasteiger partial charge is 0.303 e. The summed E-state index contributed by atoms with van der Waals surface area (Å²) >= 11 is 0. The zero-order valence-corrected chi connectivity index (χ0v) is 15.3. The monoisotopic (exact) mass is 342 g/mol. The molecule has 0 bridgehead atoms. The van der Waals surface area contributed by atoms with E-state index in [2.05, 4.69) is 16.7 Å². The molecule has 2 aliphatic rings. The first-order chi connectivity index (χ1) is 11.0. The summed E-state index contributed by atoms with van der Waals surface area (Å²) in [7, 11) is -3.46. The highest BCUT2D eigenvalue weighted by Gasteiger charge is 2.35. The van der Waals surface area contributed by atoms with Crippen LogP contribution in [0.1, 0.15) is 39.5 Å². The maximum absolute atomic E-state index is 12.4. The summed E-state index contributed by atoms with van der Waals surface area (Å²) in [6.07, 6.45) is 3.93. The molecular weight excluding hydrogens is 312 g/mol. The van der Waals surface area contributed by atoms with Crippen LogP contribution in [0, 0.1) is 11.3 Å². The Labute approximate surface area is 141 Å². The van der Waals surface area contributed by atoms with Gasteiger partial charge in [0.1, 0.15) is 0 Å². The van der Waals surface area contributed by atoms with E-state index < -0.39 is 15.3 Å². The molecule has 0 saturated carbocycles. The van der Waals surface area contributed by atoms with Gasteiger partial charge in [-0.05, 0) is 45.3 Å². The molecule has 7 heteroatoms. The maximum atomic E-state index is 12.4. The van der Waals surface area contributed by atoms with Gasteiger partial charge in [0.25, 0.3) is 0 Å². The van der Waals surface area contributed by atoms with Crippen molar-refractivity contribution in [3.05, 3.63) is 0 Å². The molecule has 0 aromatic carbocycles. The summed E-state index contributed by atoms with van der Waals surface area (Å²) in [6, 6.07) is 2.52. The molecule has 23 heavy (non-hydrogen) atoms. The molecular formula is C16H30N4O2S. The molecule has 2 heterocycles. The Morgan fingerprint density at radius 2 is 1.70 bits per heavy atom. The van der Waals surface area contributed by atoms with Crippen molar-refractivity contribution in [3.8, 4) is 6.07 Å². The van der Waals surface area contributed by atoms with Gasteiger partial charge < -0.3 is 4.90 Å². The Morgan fingerprint density at radius 1 is 1.09 bits per heavy atom. The predicted octanol–water partition coefficient (Wildman–Crippen LogP) is 1.11. The summed E-state index contributed by atoms with van der Waals surface area (Å²) < 4.78 is 26.4. The highest BCUT2D eigenvalue weighted by molar-refractivity contribution is 7.90. The number of hydrogen-bond donors (Lipinski definition) is 0. The lowest BCUT2D eigenvalue weighted by Crippen LogP contribution is -2.55. The molecule has 0 amide bonds. The molecule has 2 rings (SSSR count). The topological polar surface area (TPSA) is 67.7 Å². The molecule has 0 aliphatic carbocycles. The molecule has 6 nitrogen and oxygen atoms in total. The second kappa shape index (κ2) is 8.43. The number of piperazine rings is 1. The normalized spacial score (nSPS) is 24.4. The third-order valence-corrected chi connectivity index (χ3v) is 7.36. The van der Waals surface area contributed by atoms with Gasteiger partial charge in [-0.2, -0.15) is 9.57 Å². The van der Waals surface area contributed by atoms with Crippen molar-refractivity contribution < 1.29 is 8.42 Å². The number of nitrogens with zero attached hydrogens (tertiary/aromatic N) is 4. The van der Waals surface area contributed by atoms with Crippen molar-refractivity contribution in [1.29, 1.82) is 5.26 Å². The van der Waals surface area contributed by atoms with E-state index in [1.165, 1.54) is 30.1 Å². The quantitative estimate of drug-likeness (QED) is 0.723. The van der Waals surface area contributed by atoms with Gasteiger partial charge >= 0.3 is 0 Å². The molecule has 0 N–H and O–H groups in total. The molecule has 2 aliphatic heterocycles. The molecule has 132 valence electrons. The van der Waals surface area contributed by atoms with Crippen molar-refractivity contribution in [2.75, 3.05) is 45.8 Å². The predicted molar refractivity (Wildman–Crippen MR) is 91.5 cm³/mol. The van der Waals surface area contributed by atoms with Crippen LogP contribution in [-0.2, 0) is 10.0 Å². The van der Waals surface area contributed by atoms with Crippen molar-refractivity contribution in [3.63, 3.8) is 0 Å². The first-order valence-corrected chi connectivity index (χ1v) is 10.4. The molecule has 2 fully saturated rings. The Bertz CT molecular complexity index is 501. The summed E-state index contributed by atoms with van der Waals surface area (Å²) in [6.45, 7) is 10.1. The first kappa shape index (κ1) is 18.7. The van der Waals surface area contributed by atoms with Gasteiger partial charge in [-0.1, -0.05) is 13.8 Å². The molecule has 0 unspecified atom stereocenters. The number of piperidine rings is 1. The third kappa shape index (κ3) is 4.44. The van der Waals surface area contributed by atoms with Gasteiger partial charge in [0.15, 0.2) is 5.25 Å². The Hall–Kier alpha value is -0.680. The molecule has 0 aromatic heterocycles. The van der Waals surface area contributed by atoms with E-state index in [0.717, 1.165) is 26.2 Å². The first-order valence-electron chi connectivity index (χ1n) is 8.87. The van der Waals surface area contributed by atoms with Crippen molar-refractivity contribution >= 4 is 10.0 Å². The molecule has 0 radical (unpaired) electrons. The minimum absolute atomic E-state index is 0.356. The minimum Gasteiger partial charge on any atom is -0.303 e. The van der Waals surface area contributed by atoms with Crippen LogP contribution in [0.3, 0.4) is 0 Å². The molecule has 1 atom stereocenters. The standard InChI is InChI=1S/C16H30N4O2S/c1-3-7-18-8-5-15(6-9-18)19-10-12-20(13-11-19)23(21,22)16(4-2)14-17/h15-16H,3-13H2,1-2H3/t16-/m1/s1. The van der Waals surface area contributed by atoms with Gasteiger partial charge in [-0.15, -0.1) is 0 Å². The second-order valence-electron chi connectivity index (χ2n) is 6.58. The van der Waals surface area contributed by atoms with Crippen LogP contribution < -0.4 is 0 Å². The molecule has 2 saturated heterocycles. The third-order valence-electron chi connectivity index (χ3n) is 5.12. The number of hydrogen-bond acceptors (Lipinski definition) is 5. The van der Waals surface area contributed by atoms with E-state index in [9.17, 15) is 8.42 Å². The van der Waals surface area contributed by atoms with Crippen molar-refractivity contribution in [2.45, 2.75) is 50.8 Å². The SMILES string of the molecule is CCCN1CCC(N2CCN(S(=O)(=O)[C@@H](C#N)CC)CC2)CC1. The number of likely N-dealkylation sites (tertiary alicyclic amines) is 1. The average Bonchev–Trinajstić information content (AvgIpc) is 2.57. The second-order valence-corrected chi connectivity index (χ2v) is 8.69. The summed E-state index contributed by atoms with van der Waals surface area (Å²) in [5.41, 5.74) is 0. The van der Waals surface area contributed by atoms with Gasteiger partial charge in [-0.3, -0.25) is 4.90 Å². The lowest BCUT2D eigenvalue weighted by atomic mass is 10.0. The van der Waals surface area contributed by atoms with Crippen molar-refractivity contribution in [1.82, 2.24) is 14.1 Å². The highest BCUT2D eigenvalue weighted by Crippen LogP contribution is 2.21. The highest BCUT2D eigenvalue weighted by atomic mass is 32.2. The number of nitriles is 1. The Balaban J connectivity index is 1.84. The average molecular weight is 343 g/mol. The van der Waals surface area contributed by atoms with E-state index in [-0.39, 0.29) is 0 Å².